The van der Waals surface area contributed by atoms with Crippen molar-refractivity contribution in [2.45, 2.75) is 26.4 Å². The minimum absolute atomic E-state index is 0.123. The van der Waals surface area contributed by atoms with Gasteiger partial charge in [0.1, 0.15) is 6.29 Å². The van der Waals surface area contributed by atoms with Gasteiger partial charge in [-0.05, 0) is 18.2 Å². The molecule has 0 N–H and O–H groups in total. The van der Waals surface area contributed by atoms with E-state index in [0.29, 0.717) is 28.8 Å². The summed E-state index contributed by atoms with van der Waals surface area (Å²) in [5.41, 5.74) is 0.509. The average molecular weight is 276 g/mol. The lowest BCUT2D eigenvalue weighted by molar-refractivity contribution is 0.112. The van der Waals surface area contributed by atoms with Crippen molar-refractivity contribution in [2.75, 3.05) is 7.11 Å². The van der Waals surface area contributed by atoms with Crippen LogP contribution in [0, 0.1) is 0 Å². The molecule has 2 aromatic rings. The highest BCUT2D eigenvalue weighted by molar-refractivity contribution is 5.76. The van der Waals surface area contributed by atoms with Crippen molar-refractivity contribution in [3.8, 4) is 11.5 Å². The fraction of sp³-hybridized carbons (Fsp3) is 0.357. The summed E-state index contributed by atoms with van der Waals surface area (Å²) in [6.07, 6.45) is 0.746. The van der Waals surface area contributed by atoms with Gasteiger partial charge in [0.2, 0.25) is 0 Å². The molecule has 0 radical (unpaired) electrons. The fourth-order valence-corrected chi connectivity index (χ4v) is 1.58. The lowest BCUT2D eigenvalue weighted by Crippen LogP contribution is -1.99. The molecule has 1 heterocycles. The average Bonchev–Trinajstić information content (AvgIpc) is 2.93. The van der Waals surface area contributed by atoms with Crippen LogP contribution < -0.4 is 9.47 Å². The van der Waals surface area contributed by atoms with Crippen molar-refractivity contribution in [2.24, 2.45) is 0 Å². The van der Waals surface area contributed by atoms with E-state index in [0.717, 1.165) is 6.29 Å². The Morgan fingerprint density at radius 1 is 1.35 bits per heavy atom. The van der Waals surface area contributed by atoms with Gasteiger partial charge in [-0.3, -0.25) is 4.79 Å². The van der Waals surface area contributed by atoms with Crippen LogP contribution in [0.2, 0.25) is 0 Å². The van der Waals surface area contributed by atoms with Gasteiger partial charge in [-0.1, -0.05) is 19.0 Å². The molecule has 1 aromatic heterocycles. The van der Waals surface area contributed by atoms with Gasteiger partial charge in [0.05, 0.1) is 7.11 Å². The molecule has 6 heteroatoms. The summed E-state index contributed by atoms with van der Waals surface area (Å²) in [6, 6.07) is 4.93. The van der Waals surface area contributed by atoms with Crippen LogP contribution in [-0.4, -0.2) is 23.5 Å². The summed E-state index contributed by atoms with van der Waals surface area (Å²) in [5.74, 6) is 2.21. The second-order valence-electron chi connectivity index (χ2n) is 4.52. The van der Waals surface area contributed by atoms with Crippen LogP contribution >= 0.6 is 0 Å². The standard InChI is InChI=1S/C14H16N2O4/c1-9(2)14-15-13(20-16-14)8-19-12-6-10(7-17)4-5-11(12)18-3/h4-7,9H,8H2,1-3H3. The number of hydrogen-bond acceptors (Lipinski definition) is 6. The van der Waals surface area contributed by atoms with Crippen molar-refractivity contribution in [1.82, 2.24) is 10.1 Å². The molecule has 0 spiro atoms. The molecule has 106 valence electrons. The molecule has 1 aromatic carbocycles. The molecule has 0 unspecified atom stereocenters. The number of rotatable bonds is 6. The van der Waals surface area contributed by atoms with Gasteiger partial charge in [0.25, 0.3) is 5.89 Å². The third kappa shape index (κ3) is 3.14. The molecule has 0 aliphatic carbocycles. The Morgan fingerprint density at radius 3 is 2.75 bits per heavy atom. The van der Waals surface area contributed by atoms with E-state index in [4.69, 9.17) is 14.0 Å². The van der Waals surface area contributed by atoms with Gasteiger partial charge in [0.15, 0.2) is 23.9 Å². The second kappa shape index (κ2) is 6.18. The van der Waals surface area contributed by atoms with Crippen LogP contribution in [0.1, 0.15) is 41.8 Å². The quantitative estimate of drug-likeness (QED) is 0.755. The number of methoxy groups -OCH3 is 1. The molecule has 0 aliphatic rings. The van der Waals surface area contributed by atoms with E-state index in [1.807, 2.05) is 13.8 Å². The molecule has 0 amide bonds. The fourth-order valence-electron chi connectivity index (χ4n) is 1.58. The first-order valence-corrected chi connectivity index (χ1v) is 6.22. The van der Waals surface area contributed by atoms with Crippen molar-refractivity contribution >= 4 is 6.29 Å². The van der Waals surface area contributed by atoms with E-state index >= 15 is 0 Å². The van der Waals surface area contributed by atoms with Gasteiger partial charge >= 0.3 is 0 Å². The van der Waals surface area contributed by atoms with Crippen LogP contribution in [0.25, 0.3) is 0 Å². The summed E-state index contributed by atoms with van der Waals surface area (Å²) in [7, 11) is 1.53. The number of benzene rings is 1. The molecule has 0 aliphatic heterocycles. The second-order valence-corrected chi connectivity index (χ2v) is 4.52. The Morgan fingerprint density at radius 2 is 2.15 bits per heavy atom. The predicted molar refractivity (Wildman–Crippen MR) is 71.1 cm³/mol. The first-order valence-electron chi connectivity index (χ1n) is 6.22. The number of aromatic nitrogens is 2. The largest absolute Gasteiger partial charge is 0.493 e. The number of carbonyl (C=O) groups is 1. The summed E-state index contributed by atoms with van der Waals surface area (Å²) in [5, 5.41) is 3.85. The highest BCUT2D eigenvalue weighted by Crippen LogP contribution is 2.28. The first kappa shape index (κ1) is 14.0. The molecule has 0 atom stereocenters. The maximum absolute atomic E-state index is 10.8. The zero-order chi connectivity index (χ0) is 14.5. The molecule has 0 bridgehead atoms. The van der Waals surface area contributed by atoms with Crippen LogP contribution in [0.15, 0.2) is 22.7 Å². The van der Waals surface area contributed by atoms with Crippen molar-refractivity contribution in [3.63, 3.8) is 0 Å². The van der Waals surface area contributed by atoms with Crippen molar-refractivity contribution in [3.05, 3.63) is 35.5 Å². The number of carbonyl (C=O) groups excluding carboxylic acids is 1. The summed E-state index contributed by atoms with van der Waals surface area (Å²) in [6.45, 7) is 4.08. The summed E-state index contributed by atoms with van der Waals surface area (Å²) >= 11 is 0. The molecule has 0 saturated carbocycles. The summed E-state index contributed by atoms with van der Waals surface area (Å²) in [4.78, 5) is 15.0. The lowest BCUT2D eigenvalue weighted by atomic mass is 10.2. The zero-order valence-corrected chi connectivity index (χ0v) is 11.6. The Kier molecular flexibility index (Phi) is 4.34. The minimum atomic E-state index is 0.123. The lowest BCUT2D eigenvalue weighted by Gasteiger charge is -2.09. The van der Waals surface area contributed by atoms with Crippen LogP contribution in [-0.2, 0) is 6.61 Å². The molecule has 2 rings (SSSR count). The topological polar surface area (TPSA) is 74.5 Å². The number of hydrogen-bond donors (Lipinski definition) is 0. The van der Waals surface area contributed by atoms with E-state index in [1.165, 1.54) is 7.11 Å². The Hall–Kier alpha value is -2.37. The molecule has 0 fully saturated rings. The Balaban J connectivity index is 2.10. The molecular weight excluding hydrogens is 260 g/mol. The molecular formula is C14H16N2O4. The maximum Gasteiger partial charge on any atom is 0.264 e. The smallest absolute Gasteiger partial charge is 0.264 e. The number of aldehydes is 1. The summed E-state index contributed by atoms with van der Waals surface area (Å²) < 4.78 is 15.8. The number of ether oxygens (including phenoxy) is 2. The van der Waals surface area contributed by atoms with E-state index in [9.17, 15) is 4.79 Å². The minimum Gasteiger partial charge on any atom is -0.493 e. The van der Waals surface area contributed by atoms with E-state index < -0.39 is 0 Å². The van der Waals surface area contributed by atoms with Gasteiger partial charge in [-0.25, -0.2) is 0 Å². The maximum atomic E-state index is 10.8. The Bertz CT molecular complexity index is 593. The van der Waals surface area contributed by atoms with Gasteiger partial charge in [-0.15, -0.1) is 0 Å². The van der Waals surface area contributed by atoms with Crippen LogP contribution in [0.5, 0.6) is 11.5 Å². The van der Waals surface area contributed by atoms with Gasteiger partial charge in [0, 0.05) is 11.5 Å². The van der Waals surface area contributed by atoms with E-state index in [1.54, 1.807) is 18.2 Å². The SMILES string of the molecule is COc1ccc(C=O)cc1OCc1nc(C(C)C)no1. The molecule has 0 saturated heterocycles. The highest BCUT2D eigenvalue weighted by Gasteiger charge is 2.12. The number of nitrogens with zero attached hydrogens (tertiary/aromatic N) is 2. The van der Waals surface area contributed by atoms with E-state index in [-0.39, 0.29) is 12.5 Å². The van der Waals surface area contributed by atoms with Gasteiger partial charge < -0.3 is 14.0 Å². The van der Waals surface area contributed by atoms with Crippen LogP contribution in [0.4, 0.5) is 0 Å². The van der Waals surface area contributed by atoms with Crippen molar-refractivity contribution < 1.29 is 18.8 Å². The van der Waals surface area contributed by atoms with Crippen molar-refractivity contribution in [1.29, 1.82) is 0 Å². The highest BCUT2D eigenvalue weighted by atomic mass is 16.5. The zero-order valence-electron chi connectivity index (χ0n) is 11.6. The molecule has 6 nitrogen and oxygen atoms in total. The third-order valence-corrected chi connectivity index (χ3v) is 2.68. The monoisotopic (exact) mass is 276 g/mol. The third-order valence-electron chi connectivity index (χ3n) is 2.68. The Labute approximate surface area is 116 Å². The van der Waals surface area contributed by atoms with Gasteiger partial charge in [-0.2, -0.15) is 4.98 Å². The first-order chi connectivity index (χ1) is 9.63. The predicted octanol–water partition coefficient (Wildman–Crippen LogP) is 2.59. The van der Waals surface area contributed by atoms with E-state index in [2.05, 4.69) is 10.1 Å². The van der Waals surface area contributed by atoms with Crippen LogP contribution in [0.3, 0.4) is 0 Å². The normalized spacial score (nSPS) is 10.6. The molecule has 20 heavy (non-hydrogen) atoms.